The fraction of sp³-hybridized carbons (Fsp3) is 0.222. The van der Waals surface area contributed by atoms with Crippen molar-refractivity contribution in [2.75, 3.05) is 24.5 Å². The summed E-state index contributed by atoms with van der Waals surface area (Å²) in [5.74, 6) is 0.0541. The highest BCUT2D eigenvalue weighted by molar-refractivity contribution is 7.99. The number of piperazine rings is 1. The third-order valence-electron chi connectivity index (χ3n) is 6.15. The summed E-state index contributed by atoms with van der Waals surface area (Å²) in [6.45, 7) is 6.50. The maximum Gasteiger partial charge on any atom is 0.271 e. The third kappa shape index (κ3) is 4.48. The molecule has 1 saturated heterocycles. The van der Waals surface area contributed by atoms with Crippen molar-refractivity contribution < 1.29 is 4.79 Å². The number of benzene rings is 3. The Morgan fingerprint density at radius 2 is 1.82 bits per heavy atom. The average molecular weight is 476 g/mol. The van der Waals surface area contributed by atoms with Crippen LogP contribution in [0.5, 0.6) is 0 Å². The van der Waals surface area contributed by atoms with Crippen LogP contribution in [-0.2, 0) is 0 Å². The molecule has 4 nitrogen and oxygen atoms in total. The van der Waals surface area contributed by atoms with Gasteiger partial charge >= 0.3 is 0 Å². The number of H-pyrrole nitrogens is 1. The number of hydrogen-bond donors (Lipinski definition) is 1. The number of aromatic nitrogens is 1. The van der Waals surface area contributed by atoms with Gasteiger partial charge in [-0.1, -0.05) is 53.7 Å². The number of nitrogens with one attached hydrogen (secondary N) is 1. The first-order valence-corrected chi connectivity index (χ1v) is 12.4. The van der Waals surface area contributed by atoms with Crippen LogP contribution in [0, 0.1) is 6.92 Å². The number of nitrogens with zero attached hydrogens (tertiary/aromatic N) is 2. The van der Waals surface area contributed by atoms with E-state index in [1.54, 1.807) is 11.8 Å². The minimum Gasteiger partial charge on any atom is -0.365 e. The molecule has 1 amide bonds. The van der Waals surface area contributed by atoms with Crippen molar-refractivity contribution in [3.63, 3.8) is 0 Å². The van der Waals surface area contributed by atoms with Gasteiger partial charge in [0, 0.05) is 52.2 Å². The number of carbonyl (C=O) groups excluding carboxylic acids is 1. The van der Waals surface area contributed by atoms with Gasteiger partial charge in [-0.05, 0) is 61.9 Å². The molecule has 0 unspecified atom stereocenters. The molecule has 4 aromatic rings. The Bertz CT molecular complexity index is 1300. The molecular formula is C27H26ClN3OS. The monoisotopic (exact) mass is 475 g/mol. The van der Waals surface area contributed by atoms with E-state index in [9.17, 15) is 4.79 Å². The molecule has 2 heterocycles. The summed E-state index contributed by atoms with van der Waals surface area (Å²) in [5.41, 5.74) is 4.11. The zero-order valence-corrected chi connectivity index (χ0v) is 20.3. The molecule has 3 aromatic carbocycles. The number of amides is 1. The lowest BCUT2D eigenvalue weighted by molar-refractivity contribution is 0.0718. The minimum atomic E-state index is 0.0541. The predicted molar refractivity (Wildman–Crippen MR) is 138 cm³/mol. The van der Waals surface area contributed by atoms with Crippen molar-refractivity contribution in [1.29, 1.82) is 0 Å². The van der Waals surface area contributed by atoms with Crippen LogP contribution in [0.15, 0.2) is 82.6 Å². The third-order valence-corrected chi connectivity index (χ3v) is 7.54. The molecule has 1 aliphatic heterocycles. The van der Waals surface area contributed by atoms with Gasteiger partial charge in [-0.2, -0.15) is 0 Å². The Labute approximate surface area is 203 Å². The number of aromatic amines is 1. The van der Waals surface area contributed by atoms with Crippen molar-refractivity contribution in [1.82, 2.24) is 9.88 Å². The Balaban J connectivity index is 1.42. The molecule has 1 atom stereocenters. The maximum absolute atomic E-state index is 13.7. The fourth-order valence-corrected chi connectivity index (χ4v) is 5.65. The average Bonchev–Trinajstić information content (AvgIpc) is 3.18. The van der Waals surface area contributed by atoms with Crippen LogP contribution in [0.3, 0.4) is 0 Å². The zero-order chi connectivity index (χ0) is 22.9. The van der Waals surface area contributed by atoms with Crippen molar-refractivity contribution in [3.8, 4) is 0 Å². The van der Waals surface area contributed by atoms with E-state index in [-0.39, 0.29) is 11.9 Å². The van der Waals surface area contributed by atoms with Gasteiger partial charge in [0.1, 0.15) is 5.69 Å². The first-order chi connectivity index (χ1) is 16.0. The van der Waals surface area contributed by atoms with E-state index in [0.29, 0.717) is 23.8 Å². The van der Waals surface area contributed by atoms with E-state index in [1.807, 2.05) is 47.4 Å². The molecule has 6 heteroatoms. The molecule has 0 spiro atoms. The Kier molecular flexibility index (Phi) is 6.09. The SMILES string of the molecule is Cc1cccc(N2CCN(C(=O)c3[nH]c4ccccc4c3Sc3ccc(Cl)cc3)C[C@H]2C)c1. The zero-order valence-electron chi connectivity index (χ0n) is 18.7. The van der Waals surface area contributed by atoms with Crippen LogP contribution >= 0.6 is 23.4 Å². The topological polar surface area (TPSA) is 39.3 Å². The summed E-state index contributed by atoms with van der Waals surface area (Å²) in [4.78, 5) is 23.5. The second-order valence-corrected chi connectivity index (χ2v) is 10.1. The van der Waals surface area contributed by atoms with Gasteiger partial charge in [0.25, 0.3) is 5.91 Å². The summed E-state index contributed by atoms with van der Waals surface area (Å²) >= 11 is 7.67. The molecule has 1 aromatic heterocycles. The van der Waals surface area contributed by atoms with Gasteiger partial charge in [0.15, 0.2) is 0 Å². The van der Waals surface area contributed by atoms with Gasteiger partial charge in [-0.3, -0.25) is 4.79 Å². The quantitative estimate of drug-likeness (QED) is 0.360. The Hall–Kier alpha value is -2.89. The number of para-hydroxylation sites is 1. The second kappa shape index (κ2) is 9.16. The molecule has 33 heavy (non-hydrogen) atoms. The van der Waals surface area contributed by atoms with Crippen LogP contribution in [0.1, 0.15) is 23.0 Å². The normalized spacial score (nSPS) is 16.4. The van der Waals surface area contributed by atoms with Crippen molar-refractivity contribution in [2.45, 2.75) is 29.7 Å². The number of rotatable bonds is 4. The van der Waals surface area contributed by atoms with E-state index in [4.69, 9.17) is 11.6 Å². The van der Waals surface area contributed by atoms with Crippen LogP contribution in [0.2, 0.25) is 5.02 Å². The van der Waals surface area contributed by atoms with E-state index in [2.05, 4.69) is 54.1 Å². The smallest absolute Gasteiger partial charge is 0.271 e. The highest BCUT2D eigenvalue weighted by atomic mass is 35.5. The first-order valence-electron chi connectivity index (χ1n) is 11.2. The van der Waals surface area contributed by atoms with Crippen LogP contribution in [0.25, 0.3) is 10.9 Å². The lowest BCUT2D eigenvalue weighted by Gasteiger charge is -2.41. The summed E-state index contributed by atoms with van der Waals surface area (Å²) in [7, 11) is 0. The molecule has 1 aliphatic rings. The predicted octanol–water partition coefficient (Wildman–Crippen LogP) is 6.63. The van der Waals surface area contributed by atoms with E-state index in [1.165, 1.54) is 11.3 Å². The lowest BCUT2D eigenvalue weighted by Crippen LogP contribution is -2.54. The van der Waals surface area contributed by atoms with Crippen LogP contribution < -0.4 is 4.90 Å². The standard InChI is InChI=1S/C27H26ClN3OS/c1-18-6-5-7-21(16-18)31-15-14-30(17-19(31)2)27(32)25-26(23-8-3-4-9-24(23)29-25)33-22-12-10-20(28)11-13-22/h3-13,16,19,29H,14-15,17H2,1-2H3/t19-/m1/s1. The summed E-state index contributed by atoms with van der Waals surface area (Å²) < 4.78 is 0. The van der Waals surface area contributed by atoms with Gasteiger partial charge < -0.3 is 14.8 Å². The fourth-order valence-electron chi connectivity index (χ4n) is 4.48. The summed E-state index contributed by atoms with van der Waals surface area (Å²) in [6, 6.07) is 24.7. The highest BCUT2D eigenvalue weighted by Crippen LogP contribution is 2.38. The summed E-state index contributed by atoms with van der Waals surface area (Å²) in [6.07, 6.45) is 0. The number of fused-ring (bicyclic) bond motifs is 1. The second-order valence-electron chi connectivity index (χ2n) is 8.56. The van der Waals surface area contributed by atoms with Gasteiger partial charge in [0.05, 0.1) is 4.90 Å². The van der Waals surface area contributed by atoms with Crippen LogP contribution in [-0.4, -0.2) is 41.5 Å². The highest BCUT2D eigenvalue weighted by Gasteiger charge is 2.30. The van der Waals surface area contributed by atoms with Crippen molar-refractivity contribution in [3.05, 3.63) is 89.1 Å². The molecule has 5 rings (SSSR count). The molecular weight excluding hydrogens is 450 g/mol. The first kappa shape index (κ1) is 21.9. The van der Waals surface area contributed by atoms with Gasteiger partial charge in [-0.15, -0.1) is 0 Å². The Morgan fingerprint density at radius 1 is 1.03 bits per heavy atom. The molecule has 0 aliphatic carbocycles. The van der Waals surface area contributed by atoms with E-state index < -0.39 is 0 Å². The molecule has 1 fully saturated rings. The lowest BCUT2D eigenvalue weighted by atomic mass is 10.1. The molecule has 1 N–H and O–H groups in total. The number of carbonyl (C=O) groups is 1. The van der Waals surface area contributed by atoms with Crippen molar-refractivity contribution >= 4 is 45.9 Å². The molecule has 0 saturated carbocycles. The molecule has 0 bridgehead atoms. The van der Waals surface area contributed by atoms with E-state index >= 15 is 0 Å². The number of aryl methyl sites for hydroxylation is 1. The number of halogens is 1. The maximum atomic E-state index is 13.7. The van der Waals surface area contributed by atoms with Gasteiger partial charge in [-0.25, -0.2) is 0 Å². The Morgan fingerprint density at radius 3 is 2.58 bits per heavy atom. The van der Waals surface area contributed by atoms with Gasteiger partial charge in [0.2, 0.25) is 0 Å². The number of anilines is 1. The van der Waals surface area contributed by atoms with E-state index in [0.717, 1.165) is 27.2 Å². The van der Waals surface area contributed by atoms with Crippen molar-refractivity contribution in [2.24, 2.45) is 0 Å². The molecule has 168 valence electrons. The molecule has 0 radical (unpaired) electrons. The largest absolute Gasteiger partial charge is 0.365 e. The summed E-state index contributed by atoms with van der Waals surface area (Å²) in [5, 5.41) is 1.77. The number of hydrogen-bond acceptors (Lipinski definition) is 3. The minimum absolute atomic E-state index is 0.0541. The van der Waals surface area contributed by atoms with Crippen LogP contribution in [0.4, 0.5) is 5.69 Å².